The van der Waals surface area contributed by atoms with Gasteiger partial charge in [-0.15, -0.1) is 0 Å². The average Bonchev–Trinajstić information content (AvgIpc) is 2.47. The molecule has 0 aliphatic rings. The molecule has 0 fully saturated rings. The zero-order valence-corrected chi connectivity index (χ0v) is 13.8. The molecule has 0 aromatic heterocycles. The van der Waals surface area contributed by atoms with Crippen LogP contribution in [0.25, 0.3) is 0 Å². The van der Waals surface area contributed by atoms with Gasteiger partial charge in [-0.05, 0) is 58.2 Å². The van der Waals surface area contributed by atoms with E-state index in [1.807, 2.05) is 19.1 Å². The van der Waals surface area contributed by atoms with Crippen molar-refractivity contribution in [3.8, 4) is 11.5 Å². The van der Waals surface area contributed by atoms with E-state index in [2.05, 4.69) is 21.2 Å². The zero-order valence-electron chi connectivity index (χ0n) is 12.2. The molecule has 0 heterocycles. The second-order valence-corrected chi connectivity index (χ2v) is 5.50. The molecular weight excluding hydrogens is 337 g/mol. The van der Waals surface area contributed by atoms with E-state index in [4.69, 9.17) is 9.47 Å². The van der Waals surface area contributed by atoms with Crippen LogP contribution >= 0.6 is 15.9 Å². The molecule has 0 atom stereocenters. The first-order valence-corrected chi connectivity index (χ1v) is 7.25. The minimum atomic E-state index is -0.264. The van der Waals surface area contributed by atoms with Crippen molar-refractivity contribution in [1.29, 1.82) is 0 Å². The van der Waals surface area contributed by atoms with Gasteiger partial charge >= 0.3 is 0 Å². The van der Waals surface area contributed by atoms with Crippen LogP contribution in [0, 0.1) is 12.7 Å². The lowest BCUT2D eigenvalue weighted by atomic mass is 10.1. The molecule has 3 nitrogen and oxygen atoms in total. The first-order chi connectivity index (χ1) is 10.0. The summed E-state index contributed by atoms with van der Waals surface area (Å²) in [6, 6.07) is 8.77. The maximum atomic E-state index is 13.7. The third kappa shape index (κ3) is 3.67. The van der Waals surface area contributed by atoms with Crippen molar-refractivity contribution < 1.29 is 13.9 Å². The van der Waals surface area contributed by atoms with Gasteiger partial charge < -0.3 is 14.8 Å². The van der Waals surface area contributed by atoms with E-state index in [0.29, 0.717) is 23.7 Å². The average molecular weight is 354 g/mol. The van der Waals surface area contributed by atoms with Crippen molar-refractivity contribution >= 4 is 21.6 Å². The summed E-state index contributed by atoms with van der Waals surface area (Å²) >= 11 is 3.44. The number of anilines is 1. The molecule has 2 rings (SSSR count). The van der Waals surface area contributed by atoms with Crippen LogP contribution in [0.2, 0.25) is 0 Å². The SMILES string of the molecule is COc1cc(CNc2cc(C)ccc2F)cc(Br)c1OC. The predicted molar refractivity (Wildman–Crippen MR) is 85.7 cm³/mol. The van der Waals surface area contributed by atoms with Crippen LogP contribution in [0.1, 0.15) is 11.1 Å². The molecule has 0 aliphatic carbocycles. The number of methoxy groups -OCH3 is 2. The zero-order chi connectivity index (χ0) is 15.4. The van der Waals surface area contributed by atoms with E-state index in [1.54, 1.807) is 26.4 Å². The lowest BCUT2D eigenvalue weighted by Gasteiger charge is -2.13. The Bertz CT molecular complexity index is 646. The number of rotatable bonds is 5. The van der Waals surface area contributed by atoms with Crippen LogP contribution in [0.15, 0.2) is 34.8 Å². The van der Waals surface area contributed by atoms with Crippen LogP contribution in [-0.4, -0.2) is 14.2 Å². The quantitative estimate of drug-likeness (QED) is 0.856. The topological polar surface area (TPSA) is 30.5 Å². The van der Waals surface area contributed by atoms with Crippen LogP contribution < -0.4 is 14.8 Å². The molecule has 0 aliphatic heterocycles. The van der Waals surface area contributed by atoms with Gasteiger partial charge in [0.15, 0.2) is 11.5 Å². The summed E-state index contributed by atoms with van der Waals surface area (Å²) in [7, 11) is 3.17. The smallest absolute Gasteiger partial charge is 0.174 e. The molecule has 2 aromatic rings. The molecule has 0 unspecified atom stereocenters. The van der Waals surface area contributed by atoms with Crippen molar-refractivity contribution in [2.45, 2.75) is 13.5 Å². The van der Waals surface area contributed by atoms with E-state index < -0.39 is 0 Å². The molecule has 0 amide bonds. The Kier molecular flexibility index (Phi) is 5.07. The third-order valence-corrected chi connectivity index (χ3v) is 3.69. The van der Waals surface area contributed by atoms with Gasteiger partial charge in [0, 0.05) is 6.54 Å². The van der Waals surface area contributed by atoms with E-state index in [0.717, 1.165) is 15.6 Å². The number of halogens is 2. The van der Waals surface area contributed by atoms with Gasteiger partial charge in [-0.2, -0.15) is 0 Å². The van der Waals surface area contributed by atoms with Gasteiger partial charge in [0.1, 0.15) is 5.82 Å². The molecule has 0 saturated carbocycles. The van der Waals surface area contributed by atoms with Crippen LogP contribution in [0.3, 0.4) is 0 Å². The Morgan fingerprint density at radius 1 is 1.14 bits per heavy atom. The van der Waals surface area contributed by atoms with Gasteiger partial charge in [-0.3, -0.25) is 0 Å². The lowest BCUT2D eigenvalue weighted by Crippen LogP contribution is -2.03. The van der Waals surface area contributed by atoms with Gasteiger partial charge in [0.25, 0.3) is 0 Å². The second kappa shape index (κ2) is 6.80. The Balaban J connectivity index is 2.20. The fraction of sp³-hybridized carbons (Fsp3) is 0.250. The first kappa shape index (κ1) is 15.6. The monoisotopic (exact) mass is 353 g/mol. The number of aryl methyl sites for hydroxylation is 1. The molecule has 2 aromatic carbocycles. The Morgan fingerprint density at radius 2 is 1.90 bits per heavy atom. The van der Waals surface area contributed by atoms with Gasteiger partial charge in [0.05, 0.1) is 24.4 Å². The third-order valence-electron chi connectivity index (χ3n) is 3.10. The normalized spacial score (nSPS) is 10.3. The summed E-state index contributed by atoms with van der Waals surface area (Å²) in [4.78, 5) is 0. The Labute approximate surface area is 132 Å². The predicted octanol–water partition coefficient (Wildman–Crippen LogP) is 4.53. The molecule has 21 heavy (non-hydrogen) atoms. The van der Waals surface area contributed by atoms with Crippen LogP contribution in [0.5, 0.6) is 11.5 Å². The fourth-order valence-electron chi connectivity index (χ4n) is 2.05. The first-order valence-electron chi connectivity index (χ1n) is 6.45. The molecule has 5 heteroatoms. The highest BCUT2D eigenvalue weighted by molar-refractivity contribution is 9.10. The van der Waals surface area contributed by atoms with Crippen molar-refractivity contribution in [2.75, 3.05) is 19.5 Å². The Morgan fingerprint density at radius 3 is 2.57 bits per heavy atom. The number of ether oxygens (including phenoxy) is 2. The summed E-state index contributed by atoms with van der Waals surface area (Å²) < 4.78 is 25.1. The minimum Gasteiger partial charge on any atom is -0.493 e. The number of hydrogen-bond acceptors (Lipinski definition) is 3. The number of hydrogen-bond donors (Lipinski definition) is 1. The maximum absolute atomic E-state index is 13.7. The van der Waals surface area contributed by atoms with Crippen LogP contribution in [-0.2, 0) is 6.54 Å². The van der Waals surface area contributed by atoms with Gasteiger partial charge in [0.2, 0.25) is 0 Å². The van der Waals surface area contributed by atoms with E-state index in [-0.39, 0.29) is 5.82 Å². The standard InChI is InChI=1S/C16H17BrFNO2/c1-10-4-5-13(18)14(6-10)19-9-11-7-12(17)16(21-3)15(8-11)20-2/h4-8,19H,9H2,1-3H3. The highest BCUT2D eigenvalue weighted by Crippen LogP contribution is 2.36. The maximum Gasteiger partial charge on any atom is 0.174 e. The van der Waals surface area contributed by atoms with Crippen molar-refractivity contribution in [2.24, 2.45) is 0 Å². The van der Waals surface area contributed by atoms with Crippen molar-refractivity contribution in [1.82, 2.24) is 0 Å². The van der Waals surface area contributed by atoms with Crippen molar-refractivity contribution in [3.63, 3.8) is 0 Å². The molecule has 1 N–H and O–H groups in total. The second-order valence-electron chi connectivity index (χ2n) is 4.65. The van der Waals surface area contributed by atoms with E-state index in [1.165, 1.54) is 6.07 Å². The van der Waals surface area contributed by atoms with Crippen molar-refractivity contribution in [3.05, 3.63) is 51.7 Å². The molecule has 112 valence electrons. The summed E-state index contributed by atoms with van der Waals surface area (Å²) in [5, 5.41) is 3.09. The molecule has 0 radical (unpaired) electrons. The summed E-state index contributed by atoms with van der Waals surface area (Å²) in [6.07, 6.45) is 0. The molecule has 0 spiro atoms. The number of benzene rings is 2. The highest BCUT2D eigenvalue weighted by atomic mass is 79.9. The molecule has 0 saturated heterocycles. The number of nitrogens with one attached hydrogen (secondary N) is 1. The van der Waals surface area contributed by atoms with Gasteiger partial charge in [-0.25, -0.2) is 4.39 Å². The Hall–Kier alpha value is -1.75. The summed E-state index contributed by atoms with van der Waals surface area (Å²) in [5.41, 5.74) is 2.45. The summed E-state index contributed by atoms with van der Waals surface area (Å²) in [6.45, 7) is 2.41. The van der Waals surface area contributed by atoms with Gasteiger partial charge in [-0.1, -0.05) is 6.07 Å². The fourth-order valence-corrected chi connectivity index (χ4v) is 2.70. The molecule has 0 bridgehead atoms. The highest BCUT2D eigenvalue weighted by Gasteiger charge is 2.11. The summed E-state index contributed by atoms with van der Waals surface area (Å²) in [5.74, 6) is 1.01. The lowest BCUT2D eigenvalue weighted by molar-refractivity contribution is 0.352. The van der Waals surface area contributed by atoms with Crippen LogP contribution in [0.4, 0.5) is 10.1 Å². The van der Waals surface area contributed by atoms with E-state index in [9.17, 15) is 4.39 Å². The minimum absolute atomic E-state index is 0.264. The molecular formula is C16H17BrFNO2. The largest absolute Gasteiger partial charge is 0.493 e. The van der Waals surface area contributed by atoms with E-state index >= 15 is 0 Å².